The van der Waals surface area contributed by atoms with E-state index in [0.29, 0.717) is 10.6 Å². The molecule has 0 fully saturated rings. The van der Waals surface area contributed by atoms with Crippen molar-refractivity contribution in [3.8, 4) is 5.69 Å². The van der Waals surface area contributed by atoms with Crippen molar-refractivity contribution >= 4 is 17.6 Å². The summed E-state index contributed by atoms with van der Waals surface area (Å²) in [6, 6.07) is 4.66. The molecule has 0 atom stereocenters. The molecule has 0 bridgehead atoms. The predicted octanol–water partition coefficient (Wildman–Crippen LogP) is 0.591. The van der Waals surface area contributed by atoms with Crippen molar-refractivity contribution < 1.29 is 9.90 Å². The van der Waals surface area contributed by atoms with Gasteiger partial charge in [-0.25, -0.2) is 18.8 Å². The second-order valence-electron chi connectivity index (χ2n) is 4.13. The summed E-state index contributed by atoms with van der Waals surface area (Å²) in [6.07, 6.45) is 0. The van der Waals surface area contributed by atoms with Crippen LogP contribution < -0.4 is 11.2 Å². The first-order valence-electron chi connectivity index (χ1n) is 5.53. The Labute approximate surface area is 117 Å². The minimum Gasteiger partial charge on any atom is -0.476 e. The normalized spacial score (nSPS) is 10.6. The van der Waals surface area contributed by atoms with Crippen molar-refractivity contribution in [3.05, 3.63) is 55.3 Å². The Morgan fingerprint density at radius 3 is 2.60 bits per heavy atom. The van der Waals surface area contributed by atoms with Crippen LogP contribution in [0.15, 0.2) is 27.8 Å². The van der Waals surface area contributed by atoms with Crippen molar-refractivity contribution in [1.29, 1.82) is 0 Å². The van der Waals surface area contributed by atoms with Gasteiger partial charge in [0.25, 0.3) is 5.56 Å². The van der Waals surface area contributed by atoms with Crippen LogP contribution in [0.4, 0.5) is 0 Å². The lowest BCUT2D eigenvalue weighted by Crippen LogP contribution is -2.43. The number of carboxylic acid groups (broad SMARTS) is 1. The molecule has 0 amide bonds. The lowest BCUT2D eigenvalue weighted by atomic mass is 10.2. The molecule has 0 aliphatic heterocycles. The van der Waals surface area contributed by atoms with Gasteiger partial charge in [0.2, 0.25) is 5.69 Å². The van der Waals surface area contributed by atoms with Gasteiger partial charge in [0.15, 0.2) is 0 Å². The highest BCUT2D eigenvalue weighted by Crippen LogP contribution is 2.17. The van der Waals surface area contributed by atoms with Gasteiger partial charge in [-0.15, -0.1) is 0 Å². The maximum Gasteiger partial charge on any atom is 0.362 e. The van der Waals surface area contributed by atoms with Gasteiger partial charge in [-0.3, -0.25) is 4.79 Å². The van der Waals surface area contributed by atoms with E-state index in [4.69, 9.17) is 16.7 Å². The highest BCUT2D eigenvalue weighted by molar-refractivity contribution is 6.30. The highest BCUT2D eigenvalue weighted by Gasteiger charge is 2.19. The molecule has 1 N–H and O–H groups in total. The van der Waals surface area contributed by atoms with Crippen LogP contribution in [0, 0.1) is 6.92 Å². The first-order valence-corrected chi connectivity index (χ1v) is 5.91. The summed E-state index contributed by atoms with van der Waals surface area (Å²) in [5, 5.41) is 12.7. The smallest absolute Gasteiger partial charge is 0.362 e. The number of aromatic carboxylic acids is 1. The fourth-order valence-corrected chi connectivity index (χ4v) is 1.91. The molecule has 2 rings (SSSR count). The zero-order valence-corrected chi connectivity index (χ0v) is 11.4. The molecular weight excluding hydrogens is 286 g/mol. The Hall–Kier alpha value is -2.41. The zero-order chi connectivity index (χ0) is 15.0. The molecule has 2 aromatic rings. The average Bonchev–Trinajstić information content (AvgIpc) is 2.37. The molecule has 1 aromatic heterocycles. The molecular formula is C12H10ClN3O4. The van der Waals surface area contributed by atoms with Gasteiger partial charge in [-0.05, 0) is 24.6 Å². The SMILES string of the molecule is Cc1ccc(Cl)cc1-n1c(=O)c(C(=O)O)nn(C)c1=O. The lowest BCUT2D eigenvalue weighted by molar-refractivity contribution is 0.0684. The maximum absolute atomic E-state index is 12.1. The fraction of sp³-hybridized carbons (Fsp3) is 0.167. The van der Waals surface area contributed by atoms with E-state index in [1.165, 1.54) is 13.1 Å². The third kappa shape index (κ3) is 2.23. The first-order chi connectivity index (χ1) is 9.32. The van der Waals surface area contributed by atoms with Gasteiger partial charge in [0, 0.05) is 12.1 Å². The summed E-state index contributed by atoms with van der Waals surface area (Å²) in [5.41, 5.74) is -1.63. The minimum absolute atomic E-state index is 0.230. The molecule has 1 heterocycles. The summed E-state index contributed by atoms with van der Waals surface area (Å²) < 4.78 is 1.54. The van der Waals surface area contributed by atoms with E-state index < -0.39 is 22.9 Å². The van der Waals surface area contributed by atoms with Crippen LogP contribution in [0.3, 0.4) is 0 Å². The molecule has 1 aromatic carbocycles. The molecule has 20 heavy (non-hydrogen) atoms. The van der Waals surface area contributed by atoms with Crippen LogP contribution in [0.25, 0.3) is 5.69 Å². The quantitative estimate of drug-likeness (QED) is 0.875. The first kappa shape index (κ1) is 14.0. The Balaban J connectivity index is 2.94. The van der Waals surface area contributed by atoms with Gasteiger partial charge < -0.3 is 5.11 Å². The highest BCUT2D eigenvalue weighted by atomic mass is 35.5. The molecule has 0 spiro atoms. The van der Waals surface area contributed by atoms with Crippen molar-refractivity contribution in [2.24, 2.45) is 7.05 Å². The number of halogens is 1. The monoisotopic (exact) mass is 295 g/mol. The third-order valence-corrected chi connectivity index (χ3v) is 2.97. The molecule has 0 saturated heterocycles. The number of carboxylic acids is 1. The number of rotatable bonds is 2. The second kappa shape index (κ2) is 4.93. The topological polar surface area (TPSA) is 94.2 Å². The maximum atomic E-state index is 12.1. The molecule has 8 heteroatoms. The van der Waals surface area contributed by atoms with Gasteiger partial charge in [0.1, 0.15) is 0 Å². The van der Waals surface area contributed by atoms with E-state index in [-0.39, 0.29) is 5.69 Å². The van der Waals surface area contributed by atoms with Gasteiger partial charge in [0.05, 0.1) is 5.69 Å². The number of benzene rings is 1. The minimum atomic E-state index is -1.50. The molecule has 7 nitrogen and oxygen atoms in total. The van der Waals surface area contributed by atoms with E-state index in [1.54, 1.807) is 19.1 Å². The van der Waals surface area contributed by atoms with Crippen LogP contribution in [0.5, 0.6) is 0 Å². The van der Waals surface area contributed by atoms with Crippen molar-refractivity contribution in [2.45, 2.75) is 6.92 Å². The summed E-state index contributed by atoms with van der Waals surface area (Å²) in [6.45, 7) is 1.68. The van der Waals surface area contributed by atoms with Crippen LogP contribution in [0.1, 0.15) is 16.1 Å². The number of hydrogen-bond acceptors (Lipinski definition) is 4. The van der Waals surface area contributed by atoms with Gasteiger partial charge in [-0.1, -0.05) is 17.7 Å². The zero-order valence-electron chi connectivity index (χ0n) is 10.6. The van der Waals surface area contributed by atoms with E-state index in [0.717, 1.165) is 9.25 Å². The fourth-order valence-electron chi connectivity index (χ4n) is 1.74. The third-order valence-electron chi connectivity index (χ3n) is 2.74. The van der Waals surface area contributed by atoms with Crippen molar-refractivity contribution in [2.75, 3.05) is 0 Å². The number of nitrogens with zero attached hydrogens (tertiary/aromatic N) is 3. The van der Waals surface area contributed by atoms with E-state index in [1.807, 2.05) is 0 Å². The van der Waals surface area contributed by atoms with Gasteiger partial charge >= 0.3 is 11.7 Å². The molecule has 104 valence electrons. The molecule has 0 aliphatic carbocycles. The Kier molecular flexibility index (Phi) is 3.46. The Morgan fingerprint density at radius 2 is 2.00 bits per heavy atom. The molecule has 0 radical (unpaired) electrons. The summed E-state index contributed by atoms with van der Waals surface area (Å²) in [5.74, 6) is -1.50. The van der Waals surface area contributed by atoms with Gasteiger partial charge in [-0.2, -0.15) is 5.10 Å². The molecule has 0 saturated carbocycles. The van der Waals surface area contributed by atoms with Crippen molar-refractivity contribution in [3.63, 3.8) is 0 Å². The van der Waals surface area contributed by atoms with Crippen LogP contribution in [-0.2, 0) is 7.05 Å². The van der Waals surface area contributed by atoms with Crippen molar-refractivity contribution in [1.82, 2.24) is 14.3 Å². The average molecular weight is 296 g/mol. The lowest BCUT2D eigenvalue weighted by Gasteiger charge is -2.10. The number of aryl methyl sites for hydroxylation is 2. The molecule has 0 aliphatic rings. The number of aromatic nitrogens is 3. The standard InChI is InChI=1S/C12H10ClN3O4/c1-6-3-4-7(13)5-8(6)16-10(17)9(11(18)19)14-15(2)12(16)20/h3-5H,1-2H3,(H,18,19). The van der Waals surface area contributed by atoms with Crippen LogP contribution in [0.2, 0.25) is 5.02 Å². The second-order valence-corrected chi connectivity index (χ2v) is 4.57. The predicted molar refractivity (Wildman–Crippen MR) is 71.8 cm³/mol. The van der Waals surface area contributed by atoms with E-state index in [2.05, 4.69) is 5.10 Å². The number of hydrogen-bond donors (Lipinski definition) is 1. The molecule has 0 unspecified atom stereocenters. The van der Waals surface area contributed by atoms with Crippen LogP contribution >= 0.6 is 11.6 Å². The van der Waals surface area contributed by atoms with E-state index >= 15 is 0 Å². The van der Waals surface area contributed by atoms with Crippen LogP contribution in [-0.4, -0.2) is 25.4 Å². The van der Waals surface area contributed by atoms with E-state index in [9.17, 15) is 14.4 Å². The summed E-state index contributed by atoms with van der Waals surface area (Å²) >= 11 is 5.86. The summed E-state index contributed by atoms with van der Waals surface area (Å²) in [4.78, 5) is 35.2. The summed E-state index contributed by atoms with van der Waals surface area (Å²) in [7, 11) is 1.27. The number of carbonyl (C=O) groups is 1. The Morgan fingerprint density at radius 1 is 1.35 bits per heavy atom. The Bertz CT molecular complexity index is 822. The largest absolute Gasteiger partial charge is 0.476 e.